The molecule has 0 bridgehead atoms. The fourth-order valence-electron chi connectivity index (χ4n) is 2.91. The molecule has 0 saturated heterocycles. The molecule has 0 heterocycles. The van der Waals surface area contributed by atoms with Crippen molar-refractivity contribution >= 4 is 5.97 Å². The van der Waals surface area contributed by atoms with Crippen LogP contribution >= 0.6 is 0 Å². The standard InChI is InChI=1S/C14H27NO2/c1-3-13(12-7-5-4-6-8-12)15-11(2)9-10-14(16)17/h11-13,15H,3-10H2,1-2H3,(H,16,17). The van der Waals surface area contributed by atoms with Crippen LogP contribution in [0.5, 0.6) is 0 Å². The van der Waals surface area contributed by atoms with Gasteiger partial charge in [0.2, 0.25) is 0 Å². The number of carboxylic acid groups (broad SMARTS) is 1. The summed E-state index contributed by atoms with van der Waals surface area (Å²) in [6.07, 6.45) is 8.98. The van der Waals surface area contributed by atoms with E-state index in [1.165, 1.54) is 32.1 Å². The molecule has 1 rings (SSSR count). The number of hydrogen-bond acceptors (Lipinski definition) is 2. The second-order valence-electron chi connectivity index (χ2n) is 5.41. The van der Waals surface area contributed by atoms with Crippen LogP contribution in [0.4, 0.5) is 0 Å². The Balaban J connectivity index is 2.31. The molecule has 2 N–H and O–H groups in total. The maximum Gasteiger partial charge on any atom is 0.303 e. The van der Waals surface area contributed by atoms with Crippen LogP contribution in [0.25, 0.3) is 0 Å². The molecule has 1 aliphatic rings. The molecule has 0 spiro atoms. The topological polar surface area (TPSA) is 49.3 Å². The fraction of sp³-hybridized carbons (Fsp3) is 0.929. The van der Waals surface area contributed by atoms with Gasteiger partial charge in [-0.05, 0) is 38.5 Å². The molecule has 0 radical (unpaired) electrons. The summed E-state index contributed by atoms with van der Waals surface area (Å²) in [5, 5.41) is 12.3. The lowest BCUT2D eigenvalue weighted by Gasteiger charge is -2.32. The quantitative estimate of drug-likeness (QED) is 0.719. The van der Waals surface area contributed by atoms with Crippen LogP contribution in [0.1, 0.15) is 65.2 Å². The van der Waals surface area contributed by atoms with Crippen LogP contribution in [-0.2, 0) is 4.79 Å². The molecule has 3 heteroatoms. The van der Waals surface area contributed by atoms with E-state index in [0.717, 1.165) is 18.8 Å². The number of carboxylic acids is 1. The van der Waals surface area contributed by atoms with Crippen molar-refractivity contribution in [2.75, 3.05) is 0 Å². The van der Waals surface area contributed by atoms with Gasteiger partial charge < -0.3 is 10.4 Å². The lowest BCUT2D eigenvalue weighted by Crippen LogP contribution is -2.42. The molecule has 100 valence electrons. The van der Waals surface area contributed by atoms with Crippen LogP contribution in [0, 0.1) is 5.92 Å². The van der Waals surface area contributed by atoms with Crippen LogP contribution in [-0.4, -0.2) is 23.2 Å². The van der Waals surface area contributed by atoms with Gasteiger partial charge in [0.25, 0.3) is 0 Å². The highest BCUT2D eigenvalue weighted by molar-refractivity contribution is 5.66. The van der Waals surface area contributed by atoms with Crippen molar-refractivity contribution in [2.45, 2.75) is 77.3 Å². The average molecular weight is 241 g/mol. The van der Waals surface area contributed by atoms with Gasteiger partial charge in [0.1, 0.15) is 0 Å². The van der Waals surface area contributed by atoms with Crippen molar-refractivity contribution < 1.29 is 9.90 Å². The number of hydrogen-bond donors (Lipinski definition) is 2. The number of nitrogens with one attached hydrogen (secondary N) is 1. The van der Waals surface area contributed by atoms with E-state index in [0.29, 0.717) is 12.1 Å². The largest absolute Gasteiger partial charge is 0.481 e. The summed E-state index contributed by atoms with van der Waals surface area (Å²) in [6, 6.07) is 0.900. The van der Waals surface area contributed by atoms with Crippen molar-refractivity contribution in [1.82, 2.24) is 5.32 Å². The summed E-state index contributed by atoms with van der Waals surface area (Å²) in [5.74, 6) is 0.116. The van der Waals surface area contributed by atoms with E-state index >= 15 is 0 Å². The highest BCUT2D eigenvalue weighted by atomic mass is 16.4. The van der Waals surface area contributed by atoms with Gasteiger partial charge in [0.15, 0.2) is 0 Å². The molecule has 0 aliphatic heterocycles. The highest BCUT2D eigenvalue weighted by Gasteiger charge is 2.23. The zero-order valence-electron chi connectivity index (χ0n) is 11.2. The summed E-state index contributed by atoms with van der Waals surface area (Å²) < 4.78 is 0. The first-order valence-electron chi connectivity index (χ1n) is 7.11. The predicted octanol–water partition coefficient (Wildman–Crippen LogP) is 3.19. The maximum absolute atomic E-state index is 10.5. The third-order valence-corrected chi connectivity index (χ3v) is 3.95. The Kier molecular flexibility index (Phi) is 6.56. The molecule has 1 fully saturated rings. The van der Waals surface area contributed by atoms with Crippen molar-refractivity contribution in [3.63, 3.8) is 0 Å². The van der Waals surface area contributed by atoms with Gasteiger partial charge in [-0.3, -0.25) is 4.79 Å². The summed E-state index contributed by atoms with van der Waals surface area (Å²) in [7, 11) is 0. The van der Waals surface area contributed by atoms with Crippen molar-refractivity contribution in [3.8, 4) is 0 Å². The van der Waals surface area contributed by atoms with Gasteiger partial charge in [0, 0.05) is 18.5 Å². The molecule has 0 aromatic carbocycles. The first-order valence-corrected chi connectivity index (χ1v) is 7.11. The predicted molar refractivity (Wildman–Crippen MR) is 70.1 cm³/mol. The molecular weight excluding hydrogens is 214 g/mol. The van der Waals surface area contributed by atoms with E-state index in [2.05, 4.69) is 19.2 Å². The third kappa shape index (κ3) is 5.53. The molecule has 0 aromatic heterocycles. The van der Waals surface area contributed by atoms with Gasteiger partial charge in [0.05, 0.1) is 0 Å². The van der Waals surface area contributed by atoms with E-state index < -0.39 is 5.97 Å². The Labute approximate surface area is 105 Å². The Morgan fingerprint density at radius 1 is 1.35 bits per heavy atom. The van der Waals surface area contributed by atoms with E-state index in [1.807, 2.05) is 0 Å². The summed E-state index contributed by atoms with van der Waals surface area (Å²) >= 11 is 0. The Morgan fingerprint density at radius 2 is 2.00 bits per heavy atom. The summed E-state index contributed by atoms with van der Waals surface area (Å²) in [5.41, 5.74) is 0. The summed E-state index contributed by atoms with van der Waals surface area (Å²) in [6.45, 7) is 4.34. The Morgan fingerprint density at radius 3 is 2.53 bits per heavy atom. The third-order valence-electron chi connectivity index (χ3n) is 3.95. The molecule has 0 amide bonds. The van der Waals surface area contributed by atoms with Crippen molar-refractivity contribution in [1.29, 1.82) is 0 Å². The SMILES string of the molecule is CCC(NC(C)CCC(=O)O)C1CCCCC1. The first kappa shape index (κ1) is 14.5. The van der Waals surface area contributed by atoms with E-state index in [9.17, 15) is 4.79 Å². The van der Waals surface area contributed by atoms with Crippen molar-refractivity contribution in [2.24, 2.45) is 5.92 Å². The monoisotopic (exact) mass is 241 g/mol. The smallest absolute Gasteiger partial charge is 0.303 e. The summed E-state index contributed by atoms with van der Waals surface area (Å²) in [4.78, 5) is 10.5. The molecule has 0 aromatic rings. The molecular formula is C14H27NO2. The molecule has 1 saturated carbocycles. The van der Waals surface area contributed by atoms with Crippen LogP contribution in [0.2, 0.25) is 0 Å². The maximum atomic E-state index is 10.5. The zero-order valence-corrected chi connectivity index (χ0v) is 11.2. The lowest BCUT2D eigenvalue weighted by molar-refractivity contribution is -0.137. The molecule has 2 atom stereocenters. The Hall–Kier alpha value is -0.570. The molecule has 2 unspecified atom stereocenters. The van der Waals surface area contributed by atoms with Crippen molar-refractivity contribution in [3.05, 3.63) is 0 Å². The van der Waals surface area contributed by atoms with Gasteiger partial charge >= 0.3 is 5.97 Å². The normalized spacial score (nSPS) is 21.1. The second-order valence-corrected chi connectivity index (χ2v) is 5.41. The highest BCUT2D eigenvalue weighted by Crippen LogP contribution is 2.28. The van der Waals surface area contributed by atoms with Crippen LogP contribution in [0.15, 0.2) is 0 Å². The number of aliphatic carboxylic acids is 1. The second kappa shape index (κ2) is 7.70. The fourth-order valence-corrected chi connectivity index (χ4v) is 2.91. The average Bonchev–Trinajstić information content (AvgIpc) is 2.34. The minimum absolute atomic E-state index is 0.273. The van der Waals surface area contributed by atoms with Crippen LogP contribution in [0.3, 0.4) is 0 Å². The van der Waals surface area contributed by atoms with Gasteiger partial charge in [-0.25, -0.2) is 0 Å². The number of carbonyl (C=O) groups is 1. The van der Waals surface area contributed by atoms with E-state index in [-0.39, 0.29) is 6.42 Å². The van der Waals surface area contributed by atoms with E-state index in [1.54, 1.807) is 0 Å². The van der Waals surface area contributed by atoms with Crippen LogP contribution < -0.4 is 5.32 Å². The molecule has 17 heavy (non-hydrogen) atoms. The minimum atomic E-state index is -0.690. The van der Waals surface area contributed by atoms with Gasteiger partial charge in [-0.2, -0.15) is 0 Å². The van der Waals surface area contributed by atoms with Gasteiger partial charge in [-0.15, -0.1) is 0 Å². The molecule has 3 nitrogen and oxygen atoms in total. The van der Waals surface area contributed by atoms with Gasteiger partial charge in [-0.1, -0.05) is 26.2 Å². The zero-order chi connectivity index (χ0) is 12.7. The van der Waals surface area contributed by atoms with E-state index in [4.69, 9.17) is 5.11 Å². The number of rotatable bonds is 7. The minimum Gasteiger partial charge on any atom is -0.481 e. The Bertz CT molecular complexity index is 224. The first-order chi connectivity index (χ1) is 8.13. The molecule has 1 aliphatic carbocycles. The lowest BCUT2D eigenvalue weighted by atomic mass is 9.82.